The predicted molar refractivity (Wildman–Crippen MR) is 130 cm³/mol. The van der Waals surface area contributed by atoms with Crippen molar-refractivity contribution in [2.45, 2.75) is 98.5 Å². The minimum atomic E-state index is -0.192. The quantitative estimate of drug-likeness (QED) is 0.550. The van der Waals surface area contributed by atoms with Crippen LogP contribution in [0.1, 0.15) is 92.4 Å². The molecule has 1 saturated heterocycles. The molecule has 0 bridgehead atoms. The molecule has 2 nitrogen and oxygen atoms in total. The number of rotatable bonds is 3. The third-order valence-corrected chi connectivity index (χ3v) is 11.2. The van der Waals surface area contributed by atoms with Crippen molar-refractivity contribution in [3.8, 4) is 0 Å². The standard InChI is InChI=1S/C29H47NO/c1-20(19-30-17-7-6-8-18-30)22-10-11-23-21-9-12-25-27(2,3)26(31)14-16-29(25,5)24(21)13-15-28(22,23)4/h9,12,20,22-24,26,31H,6-8,10-11,13-19H2,1-5H3/t20-,22-,23+,24+,26+,28-,29-/m1/s1. The fourth-order valence-electron chi connectivity index (χ4n) is 9.36. The second-order valence-corrected chi connectivity index (χ2v) is 13.1. The number of hydrogen-bond acceptors (Lipinski definition) is 2. The second-order valence-electron chi connectivity index (χ2n) is 13.1. The van der Waals surface area contributed by atoms with Gasteiger partial charge in [-0.25, -0.2) is 0 Å². The second kappa shape index (κ2) is 7.73. The lowest BCUT2D eigenvalue weighted by atomic mass is 9.47. The van der Waals surface area contributed by atoms with E-state index in [4.69, 9.17) is 0 Å². The molecule has 0 aromatic rings. The topological polar surface area (TPSA) is 23.5 Å². The molecule has 5 aliphatic rings. The number of aliphatic hydroxyl groups is 1. The highest BCUT2D eigenvalue weighted by atomic mass is 16.3. The van der Waals surface area contributed by atoms with Crippen molar-refractivity contribution in [2.24, 2.45) is 39.9 Å². The van der Waals surface area contributed by atoms with Gasteiger partial charge in [-0.15, -0.1) is 0 Å². The van der Waals surface area contributed by atoms with Crippen molar-refractivity contribution in [1.29, 1.82) is 0 Å². The van der Waals surface area contributed by atoms with Gasteiger partial charge in [-0.1, -0.05) is 64.3 Å². The zero-order chi connectivity index (χ0) is 22.0. The van der Waals surface area contributed by atoms with E-state index in [2.05, 4.69) is 51.7 Å². The number of likely N-dealkylation sites (tertiary alicyclic amines) is 1. The first kappa shape index (κ1) is 22.2. The molecular formula is C29H47NO. The molecule has 4 fully saturated rings. The Morgan fingerprint density at radius 3 is 2.42 bits per heavy atom. The van der Waals surface area contributed by atoms with E-state index in [-0.39, 0.29) is 16.9 Å². The number of piperidine rings is 1. The Hall–Kier alpha value is -0.600. The summed E-state index contributed by atoms with van der Waals surface area (Å²) in [7, 11) is 0. The predicted octanol–water partition coefficient (Wildman–Crippen LogP) is 6.60. The third-order valence-electron chi connectivity index (χ3n) is 11.2. The number of nitrogens with zero attached hydrogens (tertiary/aromatic N) is 1. The van der Waals surface area contributed by atoms with E-state index in [9.17, 15) is 5.11 Å². The Labute approximate surface area is 191 Å². The third kappa shape index (κ3) is 3.33. The molecule has 31 heavy (non-hydrogen) atoms. The normalized spacial score (nSPS) is 45.7. The van der Waals surface area contributed by atoms with Gasteiger partial charge in [0.1, 0.15) is 0 Å². The molecule has 174 valence electrons. The van der Waals surface area contributed by atoms with E-state index in [1.54, 1.807) is 5.57 Å². The molecule has 4 aliphatic carbocycles. The molecule has 0 spiro atoms. The Morgan fingerprint density at radius 1 is 0.935 bits per heavy atom. The van der Waals surface area contributed by atoms with Crippen LogP contribution in [-0.4, -0.2) is 35.7 Å². The van der Waals surface area contributed by atoms with Gasteiger partial charge in [0.25, 0.3) is 0 Å². The van der Waals surface area contributed by atoms with Crippen molar-refractivity contribution >= 4 is 0 Å². The van der Waals surface area contributed by atoms with Gasteiger partial charge in [0.05, 0.1) is 6.10 Å². The Morgan fingerprint density at radius 2 is 1.68 bits per heavy atom. The average molecular weight is 426 g/mol. The fourth-order valence-corrected chi connectivity index (χ4v) is 9.36. The largest absolute Gasteiger partial charge is 0.392 e. The molecule has 7 atom stereocenters. The van der Waals surface area contributed by atoms with Gasteiger partial charge in [0, 0.05) is 12.0 Å². The van der Waals surface area contributed by atoms with Crippen LogP contribution in [-0.2, 0) is 0 Å². The minimum Gasteiger partial charge on any atom is -0.392 e. The molecule has 0 amide bonds. The smallest absolute Gasteiger partial charge is 0.0628 e. The molecule has 1 aliphatic heterocycles. The maximum absolute atomic E-state index is 10.7. The van der Waals surface area contributed by atoms with Crippen LogP contribution in [0.2, 0.25) is 0 Å². The lowest BCUT2D eigenvalue weighted by molar-refractivity contribution is -0.0181. The molecule has 0 aromatic heterocycles. The number of aliphatic hydroxyl groups excluding tert-OH is 1. The minimum absolute atomic E-state index is 0.0864. The maximum atomic E-state index is 10.7. The molecule has 2 heteroatoms. The highest BCUT2D eigenvalue weighted by Gasteiger charge is 2.59. The first-order valence-corrected chi connectivity index (χ1v) is 13.5. The summed E-state index contributed by atoms with van der Waals surface area (Å²) in [5.41, 5.74) is 3.98. The monoisotopic (exact) mass is 425 g/mol. The van der Waals surface area contributed by atoms with E-state index in [0.717, 1.165) is 30.6 Å². The van der Waals surface area contributed by atoms with Gasteiger partial charge in [-0.3, -0.25) is 0 Å². The van der Waals surface area contributed by atoms with E-state index >= 15 is 0 Å². The summed E-state index contributed by atoms with van der Waals surface area (Å²) in [6.07, 6.45) is 16.8. The van der Waals surface area contributed by atoms with Gasteiger partial charge >= 0.3 is 0 Å². The van der Waals surface area contributed by atoms with Gasteiger partial charge < -0.3 is 10.0 Å². The van der Waals surface area contributed by atoms with Crippen LogP contribution in [0.3, 0.4) is 0 Å². The van der Waals surface area contributed by atoms with E-state index in [1.165, 1.54) is 70.2 Å². The summed E-state index contributed by atoms with van der Waals surface area (Å²) in [4.78, 5) is 2.77. The zero-order valence-electron chi connectivity index (χ0n) is 20.9. The molecule has 0 radical (unpaired) electrons. The van der Waals surface area contributed by atoms with Crippen molar-refractivity contribution in [1.82, 2.24) is 4.90 Å². The van der Waals surface area contributed by atoms with Crippen molar-refractivity contribution in [2.75, 3.05) is 19.6 Å². The van der Waals surface area contributed by atoms with Gasteiger partial charge in [-0.05, 0) is 99.0 Å². The summed E-state index contributed by atoms with van der Waals surface area (Å²) in [6, 6.07) is 0. The van der Waals surface area contributed by atoms with E-state index in [1.807, 2.05) is 0 Å². The Balaban J connectivity index is 1.40. The molecule has 1 heterocycles. The van der Waals surface area contributed by atoms with Crippen LogP contribution in [0.5, 0.6) is 0 Å². The molecule has 0 unspecified atom stereocenters. The first-order valence-electron chi connectivity index (χ1n) is 13.5. The number of allylic oxidation sites excluding steroid dienone is 3. The van der Waals surface area contributed by atoms with Crippen LogP contribution in [0.15, 0.2) is 23.3 Å². The molecule has 5 rings (SSSR count). The van der Waals surface area contributed by atoms with Crippen molar-refractivity contribution < 1.29 is 5.11 Å². The summed E-state index contributed by atoms with van der Waals surface area (Å²) < 4.78 is 0. The maximum Gasteiger partial charge on any atom is 0.0628 e. The lowest BCUT2D eigenvalue weighted by Gasteiger charge is -2.58. The Kier molecular flexibility index (Phi) is 5.53. The van der Waals surface area contributed by atoms with Gasteiger partial charge in [0.2, 0.25) is 0 Å². The summed E-state index contributed by atoms with van der Waals surface area (Å²) in [6.45, 7) is 16.3. The van der Waals surface area contributed by atoms with Crippen molar-refractivity contribution in [3.63, 3.8) is 0 Å². The Bertz CT molecular complexity index is 759. The van der Waals surface area contributed by atoms with Crippen molar-refractivity contribution in [3.05, 3.63) is 23.3 Å². The van der Waals surface area contributed by atoms with Crippen LogP contribution in [0.4, 0.5) is 0 Å². The highest BCUT2D eigenvalue weighted by Crippen LogP contribution is 2.67. The van der Waals surface area contributed by atoms with Crippen LogP contribution in [0, 0.1) is 39.9 Å². The van der Waals surface area contributed by atoms with Crippen LogP contribution >= 0.6 is 0 Å². The van der Waals surface area contributed by atoms with E-state index < -0.39 is 0 Å². The molecule has 1 N–H and O–H groups in total. The van der Waals surface area contributed by atoms with Gasteiger partial charge in [-0.2, -0.15) is 0 Å². The number of hydrogen-bond donors (Lipinski definition) is 1. The van der Waals surface area contributed by atoms with Crippen LogP contribution in [0.25, 0.3) is 0 Å². The molecule has 3 saturated carbocycles. The average Bonchev–Trinajstić information content (AvgIpc) is 3.09. The lowest BCUT2D eigenvalue weighted by Crippen LogP contribution is -2.51. The van der Waals surface area contributed by atoms with Gasteiger partial charge in [0.15, 0.2) is 0 Å². The summed E-state index contributed by atoms with van der Waals surface area (Å²) in [5, 5.41) is 10.7. The summed E-state index contributed by atoms with van der Waals surface area (Å²) in [5.74, 6) is 3.18. The molecular weight excluding hydrogens is 378 g/mol. The SMILES string of the molecule is C[C@H](CN1CCCCC1)[C@H]1CC[C@H]2C3=CC=C4C(C)(C)[C@@H](O)CC[C@]4(C)[C@H]3CC[C@]12C. The zero-order valence-corrected chi connectivity index (χ0v) is 20.9. The molecule has 0 aromatic carbocycles. The fraction of sp³-hybridized carbons (Fsp3) is 0.862. The number of fused-ring (bicyclic) bond motifs is 5. The summed E-state index contributed by atoms with van der Waals surface area (Å²) >= 11 is 0. The van der Waals surface area contributed by atoms with Crippen LogP contribution < -0.4 is 0 Å². The first-order chi connectivity index (χ1) is 14.7. The van der Waals surface area contributed by atoms with E-state index in [0.29, 0.717) is 11.3 Å². The highest BCUT2D eigenvalue weighted by molar-refractivity contribution is 5.41.